The summed E-state index contributed by atoms with van der Waals surface area (Å²) in [6.07, 6.45) is 5.11. The predicted octanol–water partition coefficient (Wildman–Crippen LogP) is 1.41. The van der Waals surface area contributed by atoms with E-state index >= 15 is 0 Å². The Balaban J connectivity index is 1.90. The summed E-state index contributed by atoms with van der Waals surface area (Å²) >= 11 is 0. The Kier molecular flexibility index (Phi) is 3.29. The van der Waals surface area contributed by atoms with Crippen molar-refractivity contribution >= 4 is 5.91 Å². The molecule has 3 nitrogen and oxygen atoms in total. The second-order valence-corrected chi connectivity index (χ2v) is 5.10. The molecule has 86 valence electrons. The molecule has 0 bridgehead atoms. The van der Waals surface area contributed by atoms with Crippen molar-refractivity contribution in [3.05, 3.63) is 0 Å². The number of carbonyl (C=O) groups excluding carboxylic acids is 1. The Morgan fingerprint density at radius 3 is 2.53 bits per heavy atom. The van der Waals surface area contributed by atoms with Gasteiger partial charge in [-0.3, -0.25) is 4.79 Å². The molecule has 3 heteroatoms. The third-order valence-corrected chi connectivity index (χ3v) is 3.88. The molecule has 2 atom stereocenters. The highest BCUT2D eigenvalue weighted by molar-refractivity contribution is 5.79. The van der Waals surface area contributed by atoms with Crippen molar-refractivity contribution in [2.75, 3.05) is 13.1 Å². The Morgan fingerprint density at radius 1 is 1.27 bits per heavy atom. The van der Waals surface area contributed by atoms with Crippen LogP contribution in [0.2, 0.25) is 0 Å². The molecular weight excluding hydrogens is 190 g/mol. The number of amides is 1. The molecule has 2 fully saturated rings. The summed E-state index contributed by atoms with van der Waals surface area (Å²) in [6, 6.07) is 0. The van der Waals surface area contributed by atoms with Crippen molar-refractivity contribution in [3.63, 3.8) is 0 Å². The van der Waals surface area contributed by atoms with Crippen molar-refractivity contribution < 1.29 is 9.90 Å². The van der Waals surface area contributed by atoms with E-state index in [0.717, 1.165) is 32.4 Å². The standard InChI is InChI=1S/C12H21NO2/c1-9-8-13(7-6-11(9)14)12(15)10-4-2-3-5-10/h9-11,14H,2-8H2,1H3. The normalized spacial score (nSPS) is 33.3. The topological polar surface area (TPSA) is 40.5 Å². The van der Waals surface area contributed by atoms with Crippen molar-refractivity contribution in [1.29, 1.82) is 0 Å². The first-order valence-electron chi connectivity index (χ1n) is 6.15. The molecule has 1 amide bonds. The van der Waals surface area contributed by atoms with Crippen molar-refractivity contribution in [2.45, 2.75) is 45.1 Å². The SMILES string of the molecule is CC1CN(C(=O)C2CCCC2)CCC1O. The smallest absolute Gasteiger partial charge is 0.225 e. The fraction of sp³-hybridized carbons (Fsp3) is 0.917. The predicted molar refractivity (Wildman–Crippen MR) is 58.3 cm³/mol. The van der Waals surface area contributed by atoms with E-state index in [1.54, 1.807) is 0 Å². The molecular formula is C12H21NO2. The van der Waals surface area contributed by atoms with E-state index in [2.05, 4.69) is 0 Å². The highest BCUT2D eigenvalue weighted by atomic mass is 16.3. The minimum atomic E-state index is -0.211. The van der Waals surface area contributed by atoms with E-state index in [-0.39, 0.29) is 17.9 Å². The van der Waals surface area contributed by atoms with Crippen molar-refractivity contribution in [3.8, 4) is 0 Å². The maximum absolute atomic E-state index is 12.1. The summed E-state index contributed by atoms with van der Waals surface area (Å²) in [5.74, 6) is 0.864. The third-order valence-electron chi connectivity index (χ3n) is 3.88. The first kappa shape index (κ1) is 10.9. The van der Waals surface area contributed by atoms with Crippen LogP contribution in [0.3, 0.4) is 0 Å². The second-order valence-electron chi connectivity index (χ2n) is 5.10. The lowest BCUT2D eigenvalue weighted by atomic mass is 9.95. The minimum Gasteiger partial charge on any atom is -0.393 e. The lowest BCUT2D eigenvalue weighted by molar-refractivity contribution is -0.138. The first-order valence-corrected chi connectivity index (χ1v) is 6.15. The third kappa shape index (κ3) is 2.33. The van der Waals surface area contributed by atoms with Crippen molar-refractivity contribution in [2.24, 2.45) is 11.8 Å². The fourth-order valence-electron chi connectivity index (χ4n) is 2.76. The number of piperidine rings is 1. The molecule has 15 heavy (non-hydrogen) atoms. The van der Waals surface area contributed by atoms with Gasteiger partial charge in [-0.1, -0.05) is 19.8 Å². The molecule has 2 rings (SSSR count). The van der Waals surface area contributed by atoms with Gasteiger partial charge in [-0.05, 0) is 25.2 Å². The van der Waals surface area contributed by atoms with Crippen LogP contribution in [0.25, 0.3) is 0 Å². The average molecular weight is 211 g/mol. The highest BCUT2D eigenvalue weighted by Crippen LogP contribution is 2.28. The number of hydrogen-bond acceptors (Lipinski definition) is 2. The maximum atomic E-state index is 12.1. The number of aliphatic hydroxyl groups is 1. The summed E-state index contributed by atoms with van der Waals surface area (Å²) in [5.41, 5.74) is 0. The number of hydrogen-bond donors (Lipinski definition) is 1. The second kappa shape index (κ2) is 4.52. The van der Waals surface area contributed by atoms with Gasteiger partial charge in [-0.25, -0.2) is 0 Å². The maximum Gasteiger partial charge on any atom is 0.225 e. The highest BCUT2D eigenvalue weighted by Gasteiger charge is 2.32. The Bertz CT molecular complexity index is 236. The zero-order chi connectivity index (χ0) is 10.8. The molecule has 2 aliphatic rings. The van der Waals surface area contributed by atoms with Crippen molar-refractivity contribution in [1.82, 2.24) is 4.90 Å². The Labute approximate surface area is 91.5 Å². The van der Waals surface area contributed by atoms with Crippen LogP contribution in [0.15, 0.2) is 0 Å². The fourth-order valence-corrected chi connectivity index (χ4v) is 2.76. The van der Waals surface area contributed by atoms with E-state index in [1.807, 2.05) is 11.8 Å². The van der Waals surface area contributed by atoms with E-state index in [1.165, 1.54) is 12.8 Å². The van der Waals surface area contributed by atoms with Gasteiger partial charge in [-0.2, -0.15) is 0 Å². The summed E-state index contributed by atoms with van der Waals surface area (Å²) in [5, 5.41) is 9.60. The van der Waals surface area contributed by atoms with Crippen LogP contribution in [0.4, 0.5) is 0 Å². The minimum absolute atomic E-state index is 0.211. The van der Waals surface area contributed by atoms with E-state index in [0.29, 0.717) is 5.91 Å². The summed E-state index contributed by atoms with van der Waals surface area (Å²) in [4.78, 5) is 14.1. The number of rotatable bonds is 1. The summed E-state index contributed by atoms with van der Waals surface area (Å²) in [7, 11) is 0. The average Bonchev–Trinajstić information content (AvgIpc) is 2.74. The number of likely N-dealkylation sites (tertiary alicyclic amines) is 1. The monoisotopic (exact) mass is 211 g/mol. The first-order chi connectivity index (χ1) is 7.18. The number of carbonyl (C=O) groups is 1. The molecule has 1 aliphatic carbocycles. The molecule has 0 aromatic rings. The lowest BCUT2D eigenvalue weighted by Gasteiger charge is -2.35. The van der Waals surface area contributed by atoms with Gasteiger partial charge < -0.3 is 10.0 Å². The van der Waals surface area contributed by atoms with Gasteiger partial charge in [0.2, 0.25) is 5.91 Å². The lowest BCUT2D eigenvalue weighted by Crippen LogP contribution is -2.46. The van der Waals surface area contributed by atoms with Gasteiger partial charge in [0.15, 0.2) is 0 Å². The van der Waals surface area contributed by atoms with Crippen LogP contribution in [0, 0.1) is 11.8 Å². The van der Waals surface area contributed by atoms with Crippen LogP contribution in [0.1, 0.15) is 39.0 Å². The van der Waals surface area contributed by atoms with Crippen LogP contribution < -0.4 is 0 Å². The zero-order valence-electron chi connectivity index (χ0n) is 9.48. The van der Waals surface area contributed by atoms with Crippen LogP contribution in [-0.2, 0) is 4.79 Å². The van der Waals surface area contributed by atoms with Crippen LogP contribution >= 0.6 is 0 Å². The Hall–Kier alpha value is -0.570. The van der Waals surface area contributed by atoms with Crippen LogP contribution in [0.5, 0.6) is 0 Å². The van der Waals surface area contributed by atoms with Gasteiger partial charge in [0.1, 0.15) is 0 Å². The molecule has 1 saturated heterocycles. The molecule has 1 aliphatic heterocycles. The zero-order valence-corrected chi connectivity index (χ0v) is 9.48. The van der Waals surface area contributed by atoms with E-state index in [9.17, 15) is 9.90 Å². The van der Waals surface area contributed by atoms with Gasteiger partial charge in [0, 0.05) is 19.0 Å². The van der Waals surface area contributed by atoms with Crippen LogP contribution in [-0.4, -0.2) is 35.1 Å². The summed E-state index contributed by atoms with van der Waals surface area (Å²) in [6.45, 7) is 3.52. The largest absolute Gasteiger partial charge is 0.393 e. The van der Waals surface area contributed by atoms with E-state index in [4.69, 9.17) is 0 Å². The Morgan fingerprint density at radius 2 is 1.93 bits per heavy atom. The summed E-state index contributed by atoms with van der Waals surface area (Å²) < 4.78 is 0. The molecule has 1 heterocycles. The van der Waals surface area contributed by atoms with Gasteiger partial charge >= 0.3 is 0 Å². The molecule has 0 aromatic heterocycles. The molecule has 1 N–H and O–H groups in total. The number of aliphatic hydroxyl groups excluding tert-OH is 1. The quantitative estimate of drug-likeness (QED) is 0.712. The van der Waals surface area contributed by atoms with E-state index < -0.39 is 0 Å². The van der Waals surface area contributed by atoms with Gasteiger partial charge in [0.05, 0.1) is 6.10 Å². The van der Waals surface area contributed by atoms with Gasteiger partial charge in [-0.15, -0.1) is 0 Å². The molecule has 1 saturated carbocycles. The molecule has 2 unspecified atom stereocenters. The van der Waals surface area contributed by atoms with Gasteiger partial charge in [0.25, 0.3) is 0 Å². The molecule has 0 spiro atoms. The molecule has 0 radical (unpaired) electrons. The molecule has 0 aromatic carbocycles. The number of nitrogens with zero attached hydrogens (tertiary/aromatic N) is 1.